The monoisotopic (exact) mass is 518 g/mol. The normalized spacial score (nSPS) is 10.8. The zero-order valence-electron chi connectivity index (χ0n) is 24.8. The zero-order chi connectivity index (χ0) is 26.9. The van der Waals surface area contributed by atoms with Crippen LogP contribution in [0.15, 0.2) is 48.8 Å². The van der Waals surface area contributed by atoms with E-state index in [1.165, 1.54) is 128 Å². The molecule has 0 saturated carbocycles. The Hall–Kier alpha value is -2.27. The molecule has 0 radical (unpaired) electrons. The lowest BCUT2D eigenvalue weighted by Gasteiger charge is -2.04. The molecule has 38 heavy (non-hydrogen) atoms. The molecular weight excluding hydrogens is 462 g/mol. The third-order valence-electron chi connectivity index (χ3n) is 7.60. The fourth-order valence-corrected chi connectivity index (χ4v) is 5.06. The lowest BCUT2D eigenvalue weighted by molar-refractivity contribution is -0.697. The number of hydrogen-bond donors (Lipinski definition) is 0. The highest BCUT2D eigenvalue weighted by Gasteiger charge is 2.01. The molecule has 0 aliphatic rings. The number of aryl methyl sites for hydroxylation is 1. The molecule has 0 N–H and O–H groups in total. The van der Waals surface area contributed by atoms with E-state index in [0.717, 1.165) is 23.4 Å². The molecule has 2 aromatic rings. The van der Waals surface area contributed by atoms with Gasteiger partial charge in [-0.1, -0.05) is 134 Å². The number of nitrogens with zero attached hydrogens (tertiary/aromatic N) is 1. The Kier molecular flexibility index (Phi) is 19.1. The number of aromatic nitrogens is 1. The number of unbranched alkanes of at least 4 members (excludes halogenated alkanes) is 19. The third kappa shape index (κ3) is 16.5. The van der Waals surface area contributed by atoms with Crippen LogP contribution in [0.3, 0.4) is 0 Å². The van der Waals surface area contributed by atoms with Crippen LogP contribution >= 0.6 is 0 Å². The van der Waals surface area contributed by atoms with E-state index >= 15 is 0 Å². The Morgan fingerprint density at radius 2 is 0.868 bits per heavy atom. The maximum atomic E-state index is 5.20. The number of pyridine rings is 1. The Balaban J connectivity index is 1.36. The molecule has 0 unspecified atom stereocenters. The minimum Gasteiger partial charge on any atom is -0.497 e. The van der Waals surface area contributed by atoms with Crippen molar-refractivity contribution in [3.05, 3.63) is 59.9 Å². The van der Waals surface area contributed by atoms with Crippen LogP contribution in [0, 0.1) is 11.8 Å². The second kappa shape index (κ2) is 22.7. The molecule has 2 heteroatoms. The number of benzene rings is 1. The van der Waals surface area contributed by atoms with Crippen LogP contribution in [0.1, 0.15) is 146 Å². The molecule has 1 heterocycles. The van der Waals surface area contributed by atoms with Crippen molar-refractivity contribution in [2.24, 2.45) is 0 Å². The van der Waals surface area contributed by atoms with Gasteiger partial charge in [0.05, 0.1) is 7.11 Å². The number of rotatable bonds is 22. The van der Waals surface area contributed by atoms with Crippen molar-refractivity contribution in [1.29, 1.82) is 0 Å². The summed E-state index contributed by atoms with van der Waals surface area (Å²) < 4.78 is 7.48. The fourth-order valence-electron chi connectivity index (χ4n) is 5.06. The molecule has 0 saturated heterocycles. The van der Waals surface area contributed by atoms with Gasteiger partial charge in [-0.25, -0.2) is 4.57 Å². The summed E-state index contributed by atoms with van der Waals surface area (Å²) >= 11 is 0. The van der Waals surface area contributed by atoms with Crippen molar-refractivity contribution in [2.75, 3.05) is 7.11 Å². The van der Waals surface area contributed by atoms with Gasteiger partial charge in [0, 0.05) is 29.7 Å². The minimum atomic E-state index is 0.862. The Bertz CT molecular complexity index is 859. The Morgan fingerprint density at radius 3 is 1.26 bits per heavy atom. The number of methoxy groups -OCH3 is 1. The second-order valence-corrected chi connectivity index (χ2v) is 11.0. The van der Waals surface area contributed by atoms with Crippen molar-refractivity contribution < 1.29 is 9.30 Å². The van der Waals surface area contributed by atoms with E-state index in [4.69, 9.17) is 4.74 Å². The number of hydrogen-bond acceptors (Lipinski definition) is 1. The van der Waals surface area contributed by atoms with Crippen molar-refractivity contribution in [1.82, 2.24) is 0 Å². The summed E-state index contributed by atoms with van der Waals surface area (Å²) in [6.07, 6.45) is 32.9. The van der Waals surface area contributed by atoms with Crippen LogP contribution in [0.2, 0.25) is 0 Å². The van der Waals surface area contributed by atoms with E-state index in [-0.39, 0.29) is 0 Å². The highest BCUT2D eigenvalue weighted by Crippen LogP contribution is 2.15. The third-order valence-corrected chi connectivity index (χ3v) is 7.60. The molecule has 210 valence electrons. The Labute approximate surface area is 235 Å². The zero-order valence-corrected chi connectivity index (χ0v) is 24.8. The molecule has 0 fully saturated rings. The van der Waals surface area contributed by atoms with Crippen LogP contribution in [0.5, 0.6) is 5.75 Å². The largest absolute Gasteiger partial charge is 0.497 e. The van der Waals surface area contributed by atoms with E-state index in [1.807, 2.05) is 24.3 Å². The van der Waals surface area contributed by atoms with Gasteiger partial charge in [-0.15, -0.1) is 0 Å². The first kappa shape index (κ1) is 31.9. The summed E-state index contributed by atoms with van der Waals surface area (Å²) in [5.74, 6) is 7.34. The summed E-state index contributed by atoms with van der Waals surface area (Å²) in [6, 6.07) is 12.1. The summed E-state index contributed by atoms with van der Waals surface area (Å²) in [4.78, 5) is 0. The molecule has 1 aromatic carbocycles. The molecular formula is C36H56NO+. The van der Waals surface area contributed by atoms with Crippen LogP contribution in [0.25, 0.3) is 0 Å². The standard InChI is InChI=1S/C36H56NO/c1-3-4-5-6-7-8-9-10-11-12-13-14-15-16-17-18-19-20-21-22-31-37-32-29-35(30-33-37)24-23-34-25-27-36(38-2)28-26-34/h25-30,32-33H,3-22,31H2,1-2H3/q+1. The smallest absolute Gasteiger partial charge is 0.170 e. The van der Waals surface area contributed by atoms with Gasteiger partial charge >= 0.3 is 0 Å². The van der Waals surface area contributed by atoms with E-state index in [2.05, 4.69) is 47.9 Å². The Morgan fingerprint density at radius 1 is 0.500 bits per heavy atom. The van der Waals surface area contributed by atoms with E-state index < -0.39 is 0 Å². The summed E-state index contributed by atoms with van der Waals surface area (Å²) in [5.41, 5.74) is 2.06. The van der Waals surface area contributed by atoms with Gasteiger partial charge in [0.25, 0.3) is 0 Å². The van der Waals surface area contributed by atoms with Gasteiger partial charge < -0.3 is 4.74 Å². The molecule has 0 aliphatic carbocycles. The fraction of sp³-hybridized carbons (Fsp3) is 0.639. The van der Waals surface area contributed by atoms with Gasteiger partial charge in [0.15, 0.2) is 12.4 Å². The van der Waals surface area contributed by atoms with Gasteiger partial charge in [-0.05, 0) is 30.7 Å². The molecule has 0 aliphatic heterocycles. The van der Waals surface area contributed by atoms with Crippen LogP contribution < -0.4 is 9.30 Å². The lowest BCUT2D eigenvalue weighted by Crippen LogP contribution is -2.32. The molecule has 0 spiro atoms. The van der Waals surface area contributed by atoms with Crippen LogP contribution in [-0.2, 0) is 6.54 Å². The SMILES string of the molecule is CCCCCCCCCCCCCCCCCCCCCC[n+]1ccc(C#Cc2ccc(OC)cc2)cc1. The molecule has 2 rings (SSSR count). The van der Waals surface area contributed by atoms with Gasteiger partial charge in [-0.3, -0.25) is 0 Å². The highest BCUT2D eigenvalue weighted by atomic mass is 16.5. The summed E-state index contributed by atoms with van der Waals surface area (Å²) in [7, 11) is 1.68. The van der Waals surface area contributed by atoms with E-state index in [0.29, 0.717) is 0 Å². The van der Waals surface area contributed by atoms with Crippen LogP contribution in [0.4, 0.5) is 0 Å². The molecule has 0 bridgehead atoms. The summed E-state index contributed by atoms with van der Waals surface area (Å²) in [6.45, 7) is 3.40. The molecule has 2 nitrogen and oxygen atoms in total. The van der Waals surface area contributed by atoms with Crippen molar-refractivity contribution in [3.63, 3.8) is 0 Å². The van der Waals surface area contributed by atoms with Crippen molar-refractivity contribution >= 4 is 0 Å². The van der Waals surface area contributed by atoms with Gasteiger partial charge in [0.2, 0.25) is 0 Å². The number of ether oxygens (including phenoxy) is 1. The quantitative estimate of drug-likeness (QED) is 0.0858. The first-order valence-electron chi connectivity index (χ1n) is 16.0. The predicted molar refractivity (Wildman–Crippen MR) is 164 cm³/mol. The first-order chi connectivity index (χ1) is 18.8. The highest BCUT2D eigenvalue weighted by molar-refractivity contribution is 5.43. The van der Waals surface area contributed by atoms with E-state index in [9.17, 15) is 0 Å². The summed E-state index contributed by atoms with van der Waals surface area (Å²) in [5, 5.41) is 0. The minimum absolute atomic E-state index is 0.862. The average Bonchev–Trinajstić information content (AvgIpc) is 2.96. The maximum absolute atomic E-state index is 5.20. The maximum Gasteiger partial charge on any atom is 0.170 e. The van der Waals surface area contributed by atoms with Crippen molar-refractivity contribution in [3.8, 4) is 17.6 Å². The molecule has 1 aromatic heterocycles. The second-order valence-electron chi connectivity index (χ2n) is 11.0. The van der Waals surface area contributed by atoms with Crippen molar-refractivity contribution in [2.45, 2.75) is 142 Å². The topological polar surface area (TPSA) is 13.1 Å². The van der Waals surface area contributed by atoms with Gasteiger partial charge in [0.1, 0.15) is 12.3 Å². The molecule has 0 atom stereocenters. The molecule has 0 amide bonds. The first-order valence-corrected chi connectivity index (χ1v) is 16.0. The van der Waals surface area contributed by atoms with Crippen LogP contribution in [-0.4, -0.2) is 7.11 Å². The lowest BCUT2D eigenvalue weighted by atomic mass is 10.0. The van der Waals surface area contributed by atoms with E-state index in [1.54, 1.807) is 7.11 Å². The predicted octanol–water partition coefficient (Wildman–Crippen LogP) is 10.2. The van der Waals surface area contributed by atoms with Gasteiger partial charge in [-0.2, -0.15) is 0 Å². The average molecular weight is 519 g/mol.